The lowest BCUT2D eigenvalue weighted by Gasteiger charge is -2.05. The van der Waals surface area contributed by atoms with E-state index < -0.39 is 0 Å². The largest absolute Gasteiger partial charge is 0.436 e. The van der Waals surface area contributed by atoms with Crippen LogP contribution in [0.15, 0.2) is 77.5 Å². The second kappa shape index (κ2) is 7.43. The Morgan fingerprint density at radius 3 is 2.78 bits per heavy atom. The van der Waals surface area contributed by atoms with Gasteiger partial charge in [0.2, 0.25) is 11.8 Å². The van der Waals surface area contributed by atoms with Gasteiger partial charge in [0.25, 0.3) is 0 Å². The van der Waals surface area contributed by atoms with Crippen LogP contribution < -0.4 is 5.32 Å². The van der Waals surface area contributed by atoms with Crippen molar-refractivity contribution in [3.05, 3.63) is 83.7 Å². The molecule has 2 aromatic carbocycles. The van der Waals surface area contributed by atoms with Gasteiger partial charge >= 0.3 is 0 Å². The second-order valence-electron chi connectivity index (χ2n) is 5.79. The van der Waals surface area contributed by atoms with E-state index in [1.54, 1.807) is 42.7 Å². The van der Waals surface area contributed by atoms with Crippen molar-refractivity contribution in [3.63, 3.8) is 0 Å². The molecule has 0 spiro atoms. The van der Waals surface area contributed by atoms with Gasteiger partial charge in [-0.1, -0.05) is 41.9 Å². The molecule has 0 unspecified atom stereocenters. The van der Waals surface area contributed by atoms with Crippen molar-refractivity contribution in [3.8, 4) is 11.5 Å². The highest BCUT2D eigenvalue weighted by Gasteiger charge is 2.13. The lowest BCUT2D eigenvalue weighted by Crippen LogP contribution is -2.07. The van der Waals surface area contributed by atoms with Gasteiger partial charge in [-0.2, -0.15) is 0 Å². The Bertz CT molecular complexity index is 1100. The van der Waals surface area contributed by atoms with Crippen LogP contribution in [0.2, 0.25) is 5.02 Å². The molecule has 0 atom stereocenters. The van der Waals surface area contributed by atoms with E-state index in [1.165, 1.54) is 6.08 Å². The van der Waals surface area contributed by atoms with Gasteiger partial charge in [0, 0.05) is 24.0 Å². The standard InChI is InChI=1S/C21H14ClN3O2/c22-17-8-7-15(24-20(26)9-6-14-4-2-1-3-5-14)12-16(17)21-25-18-13-23-11-10-19(18)27-21/h1-13H,(H,24,26)/b9-6+. The number of halogens is 1. The topological polar surface area (TPSA) is 68.0 Å². The maximum atomic E-state index is 12.2. The van der Waals surface area contributed by atoms with Crippen LogP contribution >= 0.6 is 11.6 Å². The van der Waals surface area contributed by atoms with Crippen molar-refractivity contribution in [2.45, 2.75) is 0 Å². The molecule has 132 valence electrons. The molecule has 4 rings (SSSR count). The molecule has 0 aliphatic heterocycles. The molecule has 0 saturated carbocycles. The van der Waals surface area contributed by atoms with Crippen molar-refractivity contribution in [2.24, 2.45) is 0 Å². The highest BCUT2D eigenvalue weighted by atomic mass is 35.5. The van der Waals surface area contributed by atoms with E-state index in [1.807, 2.05) is 30.3 Å². The minimum Gasteiger partial charge on any atom is -0.436 e. The zero-order valence-electron chi connectivity index (χ0n) is 14.1. The van der Waals surface area contributed by atoms with Gasteiger partial charge in [-0.25, -0.2) is 4.98 Å². The first kappa shape index (κ1) is 17.0. The Balaban J connectivity index is 1.57. The molecular weight excluding hydrogens is 362 g/mol. The Hall–Kier alpha value is -3.44. The van der Waals surface area contributed by atoms with Crippen LogP contribution in [0.4, 0.5) is 5.69 Å². The predicted molar refractivity (Wildman–Crippen MR) is 106 cm³/mol. The summed E-state index contributed by atoms with van der Waals surface area (Å²) in [6, 6.07) is 16.5. The van der Waals surface area contributed by atoms with Gasteiger partial charge in [-0.05, 0) is 29.8 Å². The summed E-state index contributed by atoms with van der Waals surface area (Å²) in [5, 5.41) is 3.30. The van der Waals surface area contributed by atoms with Gasteiger partial charge in [-0.3, -0.25) is 9.78 Å². The van der Waals surface area contributed by atoms with E-state index in [0.29, 0.717) is 33.3 Å². The van der Waals surface area contributed by atoms with Crippen LogP contribution in [-0.2, 0) is 4.79 Å². The Morgan fingerprint density at radius 1 is 1.11 bits per heavy atom. The fraction of sp³-hybridized carbons (Fsp3) is 0. The van der Waals surface area contributed by atoms with E-state index in [4.69, 9.17) is 16.0 Å². The number of oxazole rings is 1. The zero-order valence-corrected chi connectivity index (χ0v) is 14.9. The van der Waals surface area contributed by atoms with E-state index >= 15 is 0 Å². The average molecular weight is 376 g/mol. The first-order valence-electron chi connectivity index (χ1n) is 8.24. The number of benzene rings is 2. The number of fused-ring (bicyclic) bond motifs is 1. The van der Waals surface area contributed by atoms with Crippen molar-refractivity contribution < 1.29 is 9.21 Å². The number of carbonyl (C=O) groups is 1. The molecule has 1 amide bonds. The van der Waals surface area contributed by atoms with Crippen LogP contribution in [0, 0.1) is 0 Å². The third-order valence-electron chi connectivity index (χ3n) is 3.88. The molecule has 0 fully saturated rings. The summed E-state index contributed by atoms with van der Waals surface area (Å²) >= 11 is 6.29. The molecule has 2 heterocycles. The van der Waals surface area contributed by atoms with Gasteiger partial charge in [0.05, 0.1) is 16.8 Å². The lowest BCUT2D eigenvalue weighted by molar-refractivity contribution is -0.111. The van der Waals surface area contributed by atoms with Crippen molar-refractivity contribution in [2.75, 3.05) is 5.32 Å². The summed E-state index contributed by atoms with van der Waals surface area (Å²) in [6.45, 7) is 0. The number of nitrogens with one attached hydrogen (secondary N) is 1. The number of hydrogen-bond donors (Lipinski definition) is 1. The molecule has 0 saturated heterocycles. The number of rotatable bonds is 4. The predicted octanol–water partition coefficient (Wildman–Crippen LogP) is 5.20. The third kappa shape index (κ3) is 3.88. The minimum absolute atomic E-state index is 0.242. The maximum absolute atomic E-state index is 12.2. The zero-order chi connectivity index (χ0) is 18.6. The number of carbonyl (C=O) groups excluding carboxylic acids is 1. The third-order valence-corrected chi connectivity index (χ3v) is 4.21. The second-order valence-corrected chi connectivity index (χ2v) is 6.20. The van der Waals surface area contributed by atoms with Crippen LogP contribution in [0.5, 0.6) is 0 Å². The van der Waals surface area contributed by atoms with Crippen LogP contribution in [0.25, 0.3) is 28.6 Å². The molecule has 5 nitrogen and oxygen atoms in total. The lowest BCUT2D eigenvalue weighted by atomic mass is 10.2. The van der Waals surface area contributed by atoms with Gasteiger partial charge in [0.1, 0.15) is 5.52 Å². The maximum Gasteiger partial charge on any atom is 0.248 e. The highest BCUT2D eigenvalue weighted by Crippen LogP contribution is 2.32. The molecule has 0 radical (unpaired) electrons. The number of nitrogens with zero attached hydrogens (tertiary/aromatic N) is 2. The summed E-state index contributed by atoms with van der Waals surface area (Å²) in [5.41, 5.74) is 3.40. The monoisotopic (exact) mass is 375 g/mol. The summed E-state index contributed by atoms with van der Waals surface area (Å²) in [4.78, 5) is 20.6. The van der Waals surface area contributed by atoms with Crippen LogP contribution in [0.1, 0.15) is 5.56 Å². The molecule has 1 N–H and O–H groups in total. The minimum atomic E-state index is -0.242. The normalized spacial score (nSPS) is 11.1. The summed E-state index contributed by atoms with van der Waals surface area (Å²) in [5.74, 6) is 0.132. The first-order valence-corrected chi connectivity index (χ1v) is 8.61. The summed E-state index contributed by atoms with van der Waals surface area (Å²) in [6.07, 6.45) is 6.49. The quantitative estimate of drug-likeness (QED) is 0.498. The van der Waals surface area contributed by atoms with E-state index in [-0.39, 0.29) is 5.91 Å². The molecule has 2 aromatic heterocycles. The number of aromatic nitrogens is 2. The van der Waals surface area contributed by atoms with E-state index in [0.717, 1.165) is 5.56 Å². The van der Waals surface area contributed by atoms with E-state index in [9.17, 15) is 4.79 Å². The van der Waals surface area contributed by atoms with Crippen molar-refractivity contribution in [1.82, 2.24) is 9.97 Å². The summed E-state index contributed by atoms with van der Waals surface area (Å²) < 4.78 is 5.74. The fourth-order valence-corrected chi connectivity index (χ4v) is 2.78. The molecule has 6 heteroatoms. The fourth-order valence-electron chi connectivity index (χ4n) is 2.58. The Kier molecular flexibility index (Phi) is 4.68. The van der Waals surface area contributed by atoms with E-state index in [2.05, 4.69) is 15.3 Å². The average Bonchev–Trinajstić information content (AvgIpc) is 3.13. The number of amides is 1. The molecule has 4 aromatic rings. The van der Waals surface area contributed by atoms with Gasteiger partial charge < -0.3 is 9.73 Å². The van der Waals surface area contributed by atoms with Crippen molar-refractivity contribution in [1.29, 1.82) is 0 Å². The van der Waals surface area contributed by atoms with Crippen LogP contribution in [-0.4, -0.2) is 15.9 Å². The van der Waals surface area contributed by atoms with Crippen LogP contribution in [0.3, 0.4) is 0 Å². The molecular formula is C21H14ClN3O2. The number of hydrogen-bond acceptors (Lipinski definition) is 4. The van der Waals surface area contributed by atoms with Gasteiger partial charge in [-0.15, -0.1) is 0 Å². The number of pyridine rings is 1. The number of anilines is 1. The SMILES string of the molecule is O=C(/C=C/c1ccccc1)Nc1ccc(Cl)c(-c2nc3cnccc3o2)c1. The summed E-state index contributed by atoms with van der Waals surface area (Å²) in [7, 11) is 0. The molecule has 0 bridgehead atoms. The molecule has 27 heavy (non-hydrogen) atoms. The van der Waals surface area contributed by atoms with Gasteiger partial charge in [0.15, 0.2) is 5.58 Å². The molecule has 0 aliphatic rings. The Morgan fingerprint density at radius 2 is 1.96 bits per heavy atom. The van der Waals surface area contributed by atoms with Crippen molar-refractivity contribution >= 4 is 40.4 Å². The highest BCUT2D eigenvalue weighted by molar-refractivity contribution is 6.33. The smallest absolute Gasteiger partial charge is 0.248 e. The molecule has 0 aliphatic carbocycles. The first-order chi connectivity index (χ1) is 13.2. The Labute approximate surface area is 160 Å².